The van der Waals surface area contributed by atoms with Crippen molar-refractivity contribution in [2.24, 2.45) is 0 Å². The second kappa shape index (κ2) is 9.99. The van der Waals surface area contributed by atoms with Crippen molar-refractivity contribution >= 4 is 34.3 Å². The second-order valence-electron chi connectivity index (χ2n) is 8.64. The fourth-order valence-electron chi connectivity index (χ4n) is 4.18. The molecule has 4 atom stereocenters. The first-order valence-corrected chi connectivity index (χ1v) is 11.5. The minimum absolute atomic E-state index is 0.0991. The zero-order valence-corrected chi connectivity index (χ0v) is 19.4. The summed E-state index contributed by atoms with van der Waals surface area (Å²) in [7, 11) is 0. The van der Waals surface area contributed by atoms with Crippen molar-refractivity contribution in [2.45, 2.75) is 37.9 Å². The van der Waals surface area contributed by atoms with Gasteiger partial charge in [-0.2, -0.15) is 0 Å². The maximum Gasteiger partial charge on any atom is 0.228 e. The molecule has 5 N–H and O–H groups in total. The number of para-hydroxylation sites is 1. The third-order valence-electron chi connectivity index (χ3n) is 6.15. The number of rotatable bonds is 7. The van der Waals surface area contributed by atoms with Crippen molar-refractivity contribution in [3.8, 4) is 0 Å². The number of fused-ring (bicyclic) bond motifs is 1. The number of amides is 1. The maximum atomic E-state index is 12.4. The number of aromatic nitrogens is 4. The Bertz CT molecular complexity index is 1380. The quantitative estimate of drug-likeness (QED) is 0.260. The van der Waals surface area contributed by atoms with Crippen molar-refractivity contribution in [3.63, 3.8) is 0 Å². The Morgan fingerprint density at radius 1 is 1.06 bits per heavy atom. The van der Waals surface area contributed by atoms with Gasteiger partial charge in [0.25, 0.3) is 0 Å². The van der Waals surface area contributed by atoms with E-state index >= 15 is 0 Å². The van der Waals surface area contributed by atoms with Gasteiger partial charge in [-0.25, -0.2) is 15.0 Å². The molecule has 1 fully saturated rings. The number of hydrogen-bond donors (Lipinski definition) is 5. The predicted molar refractivity (Wildman–Crippen MR) is 132 cm³/mol. The summed E-state index contributed by atoms with van der Waals surface area (Å²) in [5.41, 5.74) is 4.23. The summed E-state index contributed by atoms with van der Waals surface area (Å²) >= 11 is 0. The summed E-state index contributed by atoms with van der Waals surface area (Å²) in [5, 5.41) is 35.9. The molecule has 11 heteroatoms. The van der Waals surface area contributed by atoms with Gasteiger partial charge < -0.3 is 30.7 Å². The second-order valence-corrected chi connectivity index (χ2v) is 8.64. The van der Waals surface area contributed by atoms with Gasteiger partial charge in [-0.15, -0.1) is 0 Å². The minimum Gasteiger partial charge on any atom is -0.394 e. The van der Waals surface area contributed by atoms with E-state index in [1.54, 1.807) is 0 Å². The van der Waals surface area contributed by atoms with Gasteiger partial charge in [-0.05, 0) is 36.2 Å². The zero-order valence-electron chi connectivity index (χ0n) is 19.4. The topological polar surface area (TPSA) is 155 Å². The third-order valence-corrected chi connectivity index (χ3v) is 6.15. The lowest BCUT2D eigenvalue weighted by molar-refractivity contribution is -0.115. The van der Waals surface area contributed by atoms with Gasteiger partial charge in [0.2, 0.25) is 5.91 Å². The average Bonchev–Trinajstić information content (AvgIpc) is 3.43. The summed E-state index contributed by atoms with van der Waals surface area (Å²) in [6.07, 6.45) is -1.29. The smallest absolute Gasteiger partial charge is 0.228 e. The van der Waals surface area contributed by atoms with Crippen LogP contribution in [0, 0.1) is 6.92 Å². The summed E-state index contributed by atoms with van der Waals surface area (Å²) in [5.74, 6) is 0.341. The Morgan fingerprint density at radius 3 is 2.56 bits per heavy atom. The molecule has 1 aliphatic heterocycles. The normalized spacial score (nSPS) is 21.6. The molecular formula is C25H26N6O5. The number of anilines is 3. The van der Waals surface area contributed by atoms with Crippen LogP contribution in [0.3, 0.4) is 0 Å². The fraction of sp³-hybridized carbons (Fsp3) is 0.280. The highest BCUT2D eigenvalue weighted by molar-refractivity contribution is 5.93. The molecule has 1 saturated heterocycles. The lowest BCUT2D eigenvalue weighted by Gasteiger charge is -2.16. The van der Waals surface area contributed by atoms with Gasteiger partial charge in [-0.3, -0.25) is 9.36 Å². The standard InChI is InChI=1S/C25H26N6O5/c1-14-4-2-3-5-17(14)30-19(33)10-15-6-8-16(9-7-15)29-23-20-24(27-12-26-23)31(13-28-20)25-22(35)21(34)18(11-32)36-25/h2-9,12-13,18,21-22,25,32,34-35H,10-11H2,1H3,(H,30,33)(H,26,27,29). The van der Waals surface area contributed by atoms with E-state index < -0.39 is 31.1 Å². The van der Waals surface area contributed by atoms with Gasteiger partial charge in [0, 0.05) is 11.4 Å². The molecule has 0 bridgehead atoms. The lowest BCUT2D eigenvalue weighted by atomic mass is 10.1. The van der Waals surface area contributed by atoms with E-state index in [4.69, 9.17) is 4.74 Å². The van der Waals surface area contributed by atoms with Gasteiger partial charge in [0.05, 0.1) is 19.4 Å². The highest BCUT2D eigenvalue weighted by Gasteiger charge is 2.44. The minimum atomic E-state index is -1.25. The number of hydrogen-bond acceptors (Lipinski definition) is 9. The Hall–Kier alpha value is -3.90. The van der Waals surface area contributed by atoms with Crippen LogP contribution in [0.1, 0.15) is 17.4 Å². The van der Waals surface area contributed by atoms with E-state index in [1.165, 1.54) is 17.2 Å². The molecule has 0 radical (unpaired) electrons. The first-order valence-electron chi connectivity index (χ1n) is 11.5. The molecule has 11 nitrogen and oxygen atoms in total. The SMILES string of the molecule is Cc1ccccc1NC(=O)Cc1ccc(Nc2ncnc3c2ncn3C2OC(CO)C(O)C2O)cc1. The summed E-state index contributed by atoms with van der Waals surface area (Å²) in [6, 6.07) is 15.0. The largest absolute Gasteiger partial charge is 0.394 e. The molecule has 0 aliphatic carbocycles. The fourth-order valence-corrected chi connectivity index (χ4v) is 4.18. The number of nitrogens with one attached hydrogen (secondary N) is 2. The van der Waals surface area contributed by atoms with E-state index in [-0.39, 0.29) is 12.3 Å². The molecular weight excluding hydrogens is 464 g/mol. The number of aryl methyl sites for hydroxylation is 1. The maximum absolute atomic E-state index is 12.4. The number of benzene rings is 2. The molecule has 2 aromatic carbocycles. The molecule has 36 heavy (non-hydrogen) atoms. The van der Waals surface area contributed by atoms with Gasteiger partial charge in [-0.1, -0.05) is 30.3 Å². The highest BCUT2D eigenvalue weighted by atomic mass is 16.6. The number of carbonyl (C=O) groups excluding carboxylic acids is 1. The first-order chi connectivity index (χ1) is 17.4. The molecule has 0 spiro atoms. The number of carbonyl (C=O) groups is 1. The van der Waals surface area contributed by atoms with Crippen LogP contribution < -0.4 is 10.6 Å². The van der Waals surface area contributed by atoms with Crippen LogP contribution in [0.5, 0.6) is 0 Å². The van der Waals surface area contributed by atoms with E-state index in [9.17, 15) is 20.1 Å². The summed E-state index contributed by atoms with van der Waals surface area (Å²) < 4.78 is 7.10. The van der Waals surface area contributed by atoms with Crippen LogP contribution in [0.4, 0.5) is 17.2 Å². The molecule has 186 valence electrons. The monoisotopic (exact) mass is 490 g/mol. The Labute approximate surface area is 206 Å². The van der Waals surface area contributed by atoms with E-state index in [0.29, 0.717) is 17.0 Å². The zero-order chi connectivity index (χ0) is 25.2. The molecule has 1 aliphatic rings. The van der Waals surface area contributed by atoms with Crippen LogP contribution in [0.2, 0.25) is 0 Å². The van der Waals surface area contributed by atoms with Crippen molar-refractivity contribution in [3.05, 3.63) is 72.3 Å². The van der Waals surface area contributed by atoms with Gasteiger partial charge in [0.1, 0.15) is 24.6 Å². The van der Waals surface area contributed by atoms with E-state index in [1.807, 2.05) is 55.5 Å². The molecule has 3 heterocycles. The highest BCUT2D eigenvalue weighted by Crippen LogP contribution is 2.32. The number of aliphatic hydroxyl groups is 3. The Balaban J connectivity index is 1.29. The predicted octanol–water partition coefficient (Wildman–Crippen LogP) is 1.67. The van der Waals surface area contributed by atoms with Crippen LogP contribution in [-0.2, 0) is 16.0 Å². The summed E-state index contributed by atoms with van der Waals surface area (Å²) in [6.45, 7) is 1.52. The molecule has 4 aromatic rings. The van der Waals surface area contributed by atoms with E-state index in [2.05, 4.69) is 25.6 Å². The van der Waals surface area contributed by atoms with Crippen LogP contribution in [0.15, 0.2) is 61.2 Å². The van der Waals surface area contributed by atoms with Crippen molar-refractivity contribution in [1.82, 2.24) is 19.5 Å². The van der Waals surface area contributed by atoms with Gasteiger partial charge >= 0.3 is 0 Å². The molecule has 4 unspecified atom stereocenters. The number of nitrogens with zero attached hydrogens (tertiary/aromatic N) is 4. The van der Waals surface area contributed by atoms with Crippen LogP contribution in [0.25, 0.3) is 11.2 Å². The van der Waals surface area contributed by atoms with Crippen molar-refractivity contribution in [1.29, 1.82) is 0 Å². The lowest BCUT2D eigenvalue weighted by Crippen LogP contribution is -2.33. The number of aliphatic hydroxyl groups excluding tert-OH is 3. The molecule has 2 aromatic heterocycles. The third kappa shape index (κ3) is 4.64. The summed E-state index contributed by atoms with van der Waals surface area (Å²) in [4.78, 5) is 25.3. The van der Waals surface area contributed by atoms with Crippen molar-refractivity contribution in [2.75, 3.05) is 17.2 Å². The van der Waals surface area contributed by atoms with Crippen LogP contribution >= 0.6 is 0 Å². The molecule has 1 amide bonds. The molecule has 0 saturated carbocycles. The number of ether oxygens (including phenoxy) is 1. The number of imidazole rings is 1. The van der Waals surface area contributed by atoms with Crippen molar-refractivity contribution < 1.29 is 24.9 Å². The Morgan fingerprint density at radius 2 is 1.83 bits per heavy atom. The van der Waals surface area contributed by atoms with Crippen LogP contribution in [-0.4, -0.2) is 65.7 Å². The Kier molecular flexibility index (Phi) is 6.61. The van der Waals surface area contributed by atoms with Gasteiger partial charge in [0.15, 0.2) is 23.2 Å². The van der Waals surface area contributed by atoms with E-state index in [0.717, 1.165) is 22.5 Å². The average molecular weight is 491 g/mol. The first kappa shape index (κ1) is 23.8. The molecule has 5 rings (SSSR count).